The minimum atomic E-state index is -0.767. The third-order valence-corrected chi connectivity index (χ3v) is 13.3. The Morgan fingerprint density at radius 1 is 0.292 bits per heavy atom. The van der Waals surface area contributed by atoms with Crippen LogP contribution in [0.1, 0.15) is 329 Å². The van der Waals surface area contributed by atoms with Gasteiger partial charge < -0.3 is 14.2 Å². The van der Waals surface area contributed by atoms with E-state index in [1.165, 1.54) is 225 Å². The largest absolute Gasteiger partial charge is 0.462 e. The molecule has 384 valence electrons. The highest BCUT2D eigenvalue weighted by atomic mass is 16.6. The van der Waals surface area contributed by atoms with E-state index >= 15 is 0 Å². The van der Waals surface area contributed by atoms with Crippen molar-refractivity contribution in [2.75, 3.05) is 13.2 Å². The average Bonchev–Trinajstić information content (AvgIpc) is 3.30. The van der Waals surface area contributed by atoms with Crippen LogP contribution in [0.2, 0.25) is 0 Å². The molecule has 0 spiro atoms. The van der Waals surface area contributed by atoms with Crippen LogP contribution >= 0.6 is 0 Å². The molecule has 0 aromatic heterocycles. The molecule has 0 aromatic carbocycles. The highest BCUT2D eigenvalue weighted by molar-refractivity contribution is 5.71. The van der Waals surface area contributed by atoms with Gasteiger partial charge in [-0.2, -0.15) is 0 Å². The second-order valence-electron chi connectivity index (χ2n) is 19.9. The quantitative estimate of drug-likeness (QED) is 0.0262. The molecule has 0 unspecified atom stereocenters. The molecule has 0 aliphatic heterocycles. The van der Waals surface area contributed by atoms with Gasteiger partial charge in [0.1, 0.15) is 13.2 Å². The van der Waals surface area contributed by atoms with E-state index in [9.17, 15) is 14.4 Å². The van der Waals surface area contributed by atoms with E-state index in [1.54, 1.807) is 0 Å². The number of ether oxygens (including phenoxy) is 3. The van der Waals surface area contributed by atoms with Crippen molar-refractivity contribution in [3.05, 3.63) is 12.2 Å². The zero-order valence-corrected chi connectivity index (χ0v) is 44.0. The van der Waals surface area contributed by atoms with Crippen LogP contribution in [0.3, 0.4) is 0 Å². The van der Waals surface area contributed by atoms with Crippen molar-refractivity contribution in [3.63, 3.8) is 0 Å². The average molecular weight is 918 g/mol. The summed E-state index contributed by atoms with van der Waals surface area (Å²) in [4.78, 5) is 38.1. The molecule has 0 N–H and O–H groups in total. The van der Waals surface area contributed by atoms with Gasteiger partial charge in [0.15, 0.2) is 6.10 Å². The number of hydrogen-bond acceptors (Lipinski definition) is 6. The molecule has 0 aliphatic rings. The van der Waals surface area contributed by atoms with Crippen molar-refractivity contribution in [1.29, 1.82) is 0 Å². The van der Waals surface area contributed by atoms with Crippen LogP contribution in [-0.2, 0) is 28.6 Å². The summed E-state index contributed by atoms with van der Waals surface area (Å²) in [6.45, 7) is 6.68. The van der Waals surface area contributed by atoms with Crippen molar-refractivity contribution in [2.24, 2.45) is 0 Å². The standard InChI is InChI=1S/C59H112O6/c1-4-7-10-13-16-19-22-25-28-30-32-34-37-40-43-46-49-52-58(61)64-55-56(54-63-57(60)51-48-45-42-39-36-33-27-24-21-18-15-12-9-6-3)65-59(62)53-50-47-44-41-38-35-31-29-26-23-20-17-14-11-8-5-2/h24,27,56H,4-23,25-26,28-55H2,1-3H3/b27-24+/t56-/m1/s1. The second kappa shape index (κ2) is 54.8. The molecule has 6 heteroatoms. The van der Waals surface area contributed by atoms with Gasteiger partial charge in [-0.1, -0.05) is 277 Å². The van der Waals surface area contributed by atoms with Gasteiger partial charge in [-0.25, -0.2) is 0 Å². The predicted molar refractivity (Wildman–Crippen MR) is 280 cm³/mol. The second-order valence-corrected chi connectivity index (χ2v) is 19.9. The third kappa shape index (κ3) is 53.0. The van der Waals surface area contributed by atoms with E-state index in [0.717, 1.165) is 64.2 Å². The Morgan fingerprint density at radius 2 is 0.508 bits per heavy atom. The van der Waals surface area contributed by atoms with E-state index < -0.39 is 6.10 Å². The molecule has 0 bridgehead atoms. The highest BCUT2D eigenvalue weighted by Crippen LogP contribution is 2.17. The maximum atomic E-state index is 12.8. The topological polar surface area (TPSA) is 78.9 Å². The van der Waals surface area contributed by atoms with Crippen LogP contribution in [0.15, 0.2) is 12.2 Å². The van der Waals surface area contributed by atoms with E-state index in [0.29, 0.717) is 19.3 Å². The van der Waals surface area contributed by atoms with Crippen molar-refractivity contribution in [3.8, 4) is 0 Å². The predicted octanol–water partition coefficient (Wildman–Crippen LogP) is 19.3. The maximum absolute atomic E-state index is 12.8. The van der Waals surface area contributed by atoms with Crippen LogP contribution in [-0.4, -0.2) is 37.2 Å². The Hall–Kier alpha value is -1.85. The zero-order valence-electron chi connectivity index (χ0n) is 44.0. The molecule has 0 rings (SSSR count). The Kier molecular flexibility index (Phi) is 53.2. The molecule has 0 heterocycles. The molecule has 0 saturated carbocycles. The van der Waals surface area contributed by atoms with Gasteiger partial charge in [-0.3, -0.25) is 14.4 Å². The molecule has 0 amide bonds. The van der Waals surface area contributed by atoms with Gasteiger partial charge >= 0.3 is 17.9 Å². The van der Waals surface area contributed by atoms with Gasteiger partial charge in [-0.15, -0.1) is 0 Å². The lowest BCUT2D eigenvalue weighted by molar-refractivity contribution is -0.167. The molecule has 0 aromatic rings. The van der Waals surface area contributed by atoms with E-state index in [-0.39, 0.29) is 31.1 Å². The summed E-state index contributed by atoms with van der Waals surface area (Å²) in [6, 6.07) is 0. The van der Waals surface area contributed by atoms with Gasteiger partial charge in [0.05, 0.1) is 0 Å². The lowest BCUT2D eigenvalue weighted by Crippen LogP contribution is -2.30. The summed E-state index contributed by atoms with van der Waals surface area (Å²) < 4.78 is 16.9. The smallest absolute Gasteiger partial charge is 0.306 e. The Labute approximate surface area is 405 Å². The number of unbranched alkanes of at least 4 members (excludes halogenated alkanes) is 41. The van der Waals surface area contributed by atoms with Gasteiger partial charge in [-0.05, 0) is 44.9 Å². The van der Waals surface area contributed by atoms with Crippen molar-refractivity contribution in [1.82, 2.24) is 0 Å². The number of hydrogen-bond donors (Lipinski definition) is 0. The molecule has 6 nitrogen and oxygen atoms in total. The minimum Gasteiger partial charge on any atom is -0.462 e. The van der Waals surface area contributed by atoms with Gasteiger partial charge in [0.25, 0.3) is 0 Å². The summed E-state index contributed by atoms with van der Waals surface area (Å²) in [5.74, 6) is -0.850. The van der Waals surface area contributed by atoms with Crippen molar-refractivity contribution in [2.45, 2.75) is 335 Å². The molecule has 65 heavy (non-hydrogen) atoms. The first kappa shape index (κ1) is 63.1. The molecular formula is C59H112O6. The first-order valence-electron chi connectivity index (χ1n) is 29.2. The summed E-state index contributed by atoms with van der Waals surface area (Å²) in [7, 11) is 0. The Morgan fingerprint density at radius 3 is 0.769 bits per heavy atom. The number of rotatable bonds is 54. The number of allylic oxidation sites excluding steroid dienone is 2. The third-order valence-electron chi connectivity index (χ3n) is 13.3. The van der Waals surface area contributed by atoms with E-state index in [2.05, 4.69) is 32.9 Å². The van der Waals surface area contributed by atoms with Crippen LogP contribution in [0.4, 0.5) is 0 Å². The lowest BCUT2D eigenvalue weighted by Gasteiger charge is -2.18. The zero-order chi connectivity index (χ0) is 47.2. The van der Waals surface area contributed by atoms with Gasteiger partial charge in [0, 0.05) is 19.3 Å². The first-order valence-corrected chi connectivity index (χ1v) is 29.2. The maximum Gasteiger partial charge on any atom is 0.306 e. The fourth-order valence-electron chi connectivity index (χ4n) is 8.85. The van der Waals surface area contributed by atoms with E-state index in [1.807, 2.05) is 0 Å². The summed E-state index contributed by atoms with van der Waals surface area (Å²) in [5.41, 5.74) is 0. The number of carbonyl (C=O) groups excluding carboxylic acids is 3. The molecule has 1 atom stereocenters. The SMILES string of the molecule is CCCCCCC/C=C/CCCCCCCC(=O)OC[C@H](COC(=O)CCCCCCCCCCCCCCCCCCC)OC(=O)CCCCCCCCCCCCCCCCCC. The molecular weight excluding hydrogens is 805 g/mol. The van der Waals surface area contributed by atoms with Crippen molar-refractivity contribution >= 4 is 17.9 Å². The fraction of sp³-hybridized carbons (Fsp3) is 0.915. The Balaban J connectivity index is 4.31. The van der Waals surface area contributed by atoms with Crippen LogP contribution in [0.5, 0.6) is 0 Å². The van der Waals surface area contributed by atoms with Crippen LogP contribution < -0.4 is 0 Å². The minimum absolute atomic E-state index is 0.0664. The van der Waals surface area contributed by atoms with E-state index in [4.69, 9.17) is 14.2 Å². The monoisotopic (exact) mass is 917 g/mol. The first-order chi connectivity index (χ1) is 32.0. The summed E-state index contributed by atoms with van der Waals surface area (Å²) in [5, 5.41) is 0. The molecule has 0 aliphatic carbocycles. The normalized spacial score (nSPS) is 12.0. The molecule has 0 fully saturated rings. The van der Waals surface area contributed by atoms with Crippen LogP contribution in [0, 0.1) is 0 Å². The van der Waals surface area contributed by atoms with Gasteiger partial charge in [0.2, 0.25) is 0 Å². The van der Waals surface area contributed by atoms with Crippen LogP contribution in [0.25, 0.3) is 0 Å². The Bertz CT molecular complexity index is 1010. The summed E-state index contributed by atoms with van der Waals surface area (Å²) in [6.07, 6.45) is 62.0. The highest BCUT2D eigenvalue weighted by Gasteiger charge is 2.19. The lowest BCUT2D eigenvalue weighted by atomic mass is 10.0. The fourth-order valence-corrected chi connectivity index (χ4v) is 8.85. The van der Waals surface area contributed by atoms with Crippen molar-refractivity contribution < 1.29 is 28.6 Å². The summed E-state index contributed by atoms with van der Waals surface area (Å²) >= 11 is 0. The number of carbonyl (C=O) groups is 3. The molecule has 0 saturated heterocycles. The molecule has 0 radical (unpaired) electrons. The number of esters is 3.